The Kier molecular flexibility index (Phi) is 4.17. The highest BCUT2D eigenvalue weighted by Gasteiger charge is 2.30. The van der Waals surface area contributed by atoms with Gasteiger partial charge in [0.05, 0.1) is 21.8 Å². The second-order valence-corrected chi connectivity index (χ2v) is 5.32. The molecular formula is C13H12F3N3OS. The van der Waals surface area contributed by atoms with Gasteiger partial charge in [0, 0.05) is 5.69 Å². The summed E-state index contributed by atoms with van der Waals surface area (Å²) >= 11 is 1.21. The first-order chi connectivity index (χ1) is 9.81. The summed E-state index contributed by atoms with van der Waals surface area (Å²) in [6, 6.07) is 4.88. The Labute approximate surface area is 122 Å². The number of alkyl halides is 3. The molecule has 0 bridgehead atoms. The van der Waals surface area contributed by atoms with Crippen LogP contribution in [0.5, 0.6) is 0 Å². The maximum absolute atomic E-state index is 12.6. The third kappa shape index (κ3) is 3.52. The standard InChI is InChI=1S/C13H12F3N3OS/c1-7-11(8(2)19-20)21-12(17-7)18-10-5-3-4-9(6-10)13(14,15)16/h3-6,20H,1-2H3,(H,17,18). The molecule has 0 fully saturated rings. The van der Waals surface area contributed by atoms with Crippen molar-refractivity contribution in [3.05, 3.63) is 40.4 Å². The summed E-state index contributed by atoms with van der Waals surface area (Å²) in [5, 5.41) is 15.1. The molecule has 0 spiro atoms. The number of oxime groups is 1. The zero-order valence-corrected chi connectivity index (χ0v) is 12.0. The van der Waals surface area contributed by atoms with Crippen LogP contribution < -0.4 is 5.32 Å². The molecule has 0 aliphatic heterocycles. The van der Waals surface area contributed by atoms with Crippen LogP contribution in [-0.4, -0.2) is 15.9 Å². The number of nitrogens with one attached hydrogen (secondary N) is 1. The lowest BCUT2D eigenvalue weighted by Crippen LogP contribution is -2.05. The summed E-state index contributed by atoms with van der Waals surface area (Å²) in [5.74, 6) is 0. The van der Waals surface area contributed by atoms with E-state index in [1.165, 1.54) is 23.5 Å². The van der Waals surface area contributed by atoms with E-state index < -0.39 is 11.7 Å². The fourth-order valence-corrected chi connectivity index (χ4v) is 2.65. The molecule has 0 saturated carbocycles. The largest absolute Gasteiger partial charge is 0.416 e. The molecule has 2 aromatic rings. The van der Waals surface area contributed by atoms with Crippen molar-refractivity contribution >= 4 is 27.9 Å². The van der Waals surface area contributed by atoms with Gasteiger partial charge in [-0.25, -0.2) is 4.98 Å². The Hall–Kier alpha value is -2.09. The predicted molar refractivity (Wildman–Crippen MR) is 75.6 cm³/mol. The molecule has 0 radical (unpaired) electrons. The van der Waals surface area contributed by atoms with Gasteiger partial charge in [-0.1, -0.05) is 22.6 Å². The fourth-order valence-electron chi connectivity index (χ4n) is 1.73. The van der Waals surface area contributed by atoms with Gasteiger partial charge in [-0.15, -0.1) is 0 Å². The van der Waals surface area contributed by atoms with Crippen LogP contribution in [0.15, 0.2) is 29.4 Å². The summed E-state index contributed by atoms with van der Waals surface area (Å²) in [5.41, 5.74) is 0.615. The number of aryl methyl sites for hydroxylation is 1. The van der Waals surface area contributed by atoms with Crippen molar-refractivity contribution in [2.24, 2.45) is 5.16 Å². The topological polar surface area (TPSA) is 57.5 Å². The SMILES string of the molecule is CC(=NO)c1sc(Nc2cccc(C(F)(F)F)c2)nc1C. The minimum atomic E-state index is -4.39. The number of aromatic nitrogens is 1. The van der Waals surface area contributed by atoms with E-state index in [-0.39, 0.29) is 0 Å². The zero-order valence-electron chi connectivity index (χ0n) is 11.2. The summed E-state index contributed by atoms with van der Waals surface area (Å²) < 4.78 is 37.9. The Morgan fingerprint density at radius 3 is 2.71 bits per heavy atom. The van der Waals surface area contributed by atoms with Crippen LogP contribution in [0.2, 0.25) is 0 Å². The number of rotatable bonds is 3. The van der Waals surface area contributed by atoms with Crippen molar-refractivity contribution in [3.63, 3.8) is 0 Å². The molecule has 0 saturated heterocycles. The summed E-state index contributed by atoms with van der Waals surface area (Å²) in [6.07, 6.45) is -4.39. The molecule has 2 N–H and O–H groups in total. The van der Waals surface area contributed by atoms with Gasteiger partial charge in [0.15, 0.2) is 5.13 Å². The third-order valence-electron chi connectivity index (χ3n) is 2.72. The Morgan fingerprint density at radius 1 is 1.38 bits per heavy atom. The van der Waals surface area contributed by atoms with Crippen molar-refractivity contribution in [1.29, 1.82) is 0 Å². The third-order valence-corrected chi connectivity index (χ3v) is 3.90. The monoisotopic (exact) mass is 315 g/mol. The number of benzene rings is 1. The number of hydrogen-bond donors (Lipinski definition) is 2. The first kappa shape index (κ1) is 15.3. The zero-order chi connectivity index (χ0) is 15.6. The first-order valence-electron chi connectivity index (χ1n) is 5.92. The van der Waals surface area contributed by atoms with Gasteiger partial charge in [0.2, 0.25) is 0 Å². The Bertz CT molecular complexity index is 680. The van der Waals surface area contributed by atoms with Crippen molar-refractivity contribution in [2.45, 2.75) is 20.0 Å². The molecule has 2 rings (SSSR count). The highest BCUT2D eigenvalue weighted by atomic mass is 32.1. The molecule has 0 atom stereocenters. The van der Waals surface area contributed by atoms with Crippen molar-refractivity contribution in [1.82, 2.24) is 4.98 Å². The molecule has 0 amide bonds. The van der Waals surface area contributed by atoms with E-state index in [0.29, 0.717) is 27.1 Å². The predicted octanol–water partition coefficient (Wildman–Crippen LogP) is 4.41. The number of halogens is 3. The van der Waals surface area contributed by atoms with Crippen LogP contribution >= 0.6 is 11.3 Å². The van der Waals surface area contributed by atoms with Gasteiger partial charge in [-0.05, 0) is 32.0 Å². The quantitative estimate of drug-likeness (QED) is 0.501. The maximum atomic E-state index is 12.6. The van der Waals surface area contributed by atoms with Crippen molar-refractivity contribution < 1.29 is 18.4 Å². The lowest BCUT2D eigenvalue weighted by atomic mass is 10.2. The van der Waals surface area contributed by atoms with Crippen LogP contribution in [0.3, 0.4) is 0 Å². The molecule has 21 heavy (non-hydrogen) atoms. The second kappa shape index (κ2) is 5.72. The van der Waals surface area contributed by atoms with Crippen LogP contribution in [0.4, 0.5) is 24.0 Å². The van der Waals surface area contributed by atoms with Crippen LogP contribution in [0.25, 0.3) is 0 Å². The van der Waals surface area contributed by atoms with Gasteiger partial charge in [0.1, 0.15) is 0 Å². The average molecular weight is 315 g/mol. The van der Waals surface area contributed by atoms with E-state index in [9.17, 15) is 13.2 Å². The number of anilines is 2. The summed E-state index contributed by atoms with van der Waals surface area (Å²) in [7, 11) is 0. The highest BCUT2D eigenvalue weighted by Crippen LogP contribution is 2.32. The molecule has 0 aliphatic rings. The lowest BCUT2D eigenvalue weighted by molar-refractivity contribution is -0.137. The van der Waals surface area contributed by atoms with Crippen LogP contribution in [0, 0.1) is 6.92 Å². The van der Waals surface area contributed by atoms with E-state index >= 15 is 0 Å². The second-order valence-electron chi connectivity index (χ2n) is 4.32. The maximum Gasteiger partial charge on any atom is 0.416 e. The molecule has 112 valence electrons. The number of hydrogen-bond acceptors (Lipinski definition) is 5. The number of thiazole rings is 1. The normalized spacial score (nSPS) is 12.5. The molecule has 4 nitrogen and oxygen atoms in total. The van der Waals surface area contributed by atoms with E-state index in [1.54, 1.807) is 13.8 Å². The molecule has 1 aromatic carbocycles. The summed E-state index contributed by atoms with van der Waals surface area (Å²) in [4.78, 5) is 4.87. The average Bonchev–Trinajstić information content (AvgIpc) is 2.78. The minimum Gasteiger partial charge on any atom is -0.411 e. The van der Waals surface area contributed by atoms with Gasteiger partial charge >= 0.3 is 6.18 Å². The minimum absolute atomic E-state index is 0.295. The van der Waals surface area contributed by atoms with E-state index in [2.05, 4.69) is 15.5 Å². The molecule has 1 heterocycles. The van der Waals surface area contributed by atoms with E-state index in [4.69, 9.17) is 5.21 Å². The molecule has 8 heteroatoms. The van der Waals surface area contributed by atoms with Crippen LogP contribution in [0.1, 0.15) is 23.1 Å². The number of nitrogens with zero attached hydrogens (tertiary/aromatic N) is 2. The van der Waals surface area contributed by atoms with Gasteiger partial charge in [0.25, 0.3) is 0 Å². The summed E-state index contributed by atoms with van der Waals surface area (Å²) in [6.45, 7) is 3.35. The Balaban J connectivity index is 2.27. The fraction of sp³-hybridized carbons (Fsp3) is 0.231. The van der Waals surface area contributed by atoms with Crippen molar-refractivity contribution in [3.8, 4) is 0 Å². The molecular weight excluding hydrogens is 303 g/mol. The molecule has 0 unspecified atom stereocenters. The first-order valence-corrected chi connectivity index (χ1v) is 6.73. The van der Waals surface area contributed by atoms with E-state index in [0.717, 1.165) is 12.1 Å². The van der Waals surface area contributed by atoms with Gasteiger partial charge < -0.3 is 10.5 Å². The van der Waals surface area contributed by atoms with Crippen molar-refractivity contribution in [2.75, 3.05) is 5.32 Å². The Morgan fingerprint density at radius 2 is 2.10 bits per heavy atom. The highest BCUT2D eigenvalue weighted by molar-refractivity contribution is 7.17. The van der Waals surface area contributed by atoms with Gasteiger partial charge in [-0.3, -0.25) is 0 Å². The molecule has 0 aliphatic carbocycles. The smallest absolute Gasteiger partial charge is 0.411 e. The molecule has 1 aromatic heterocycles. The lowest BCUT2D eigenvalue weighted by Gasteiger charge is -2.08. The van der Waals surface area contributed by atoms with Gasteiger partial charge in [-0.2, -0.15) is 13.2 Å². The van der Waals surface area contributed by atoms with Crippen LogP contribution in [-0.2, 0) is 6.18 Å². The van der Waals surface area contributed by atoms with E-state index in [1.807, 2.05) is 0 Å².